The first-order chi connectivity index (χ1) is 9.74. The Morgan fingerprint density at radius 1 is 1.10 bits per heavy atom. The van der Waals surface area contributed by atoms with E-state index < -0.39 is 0 Å². The van der Waals surface area contributed by atoms with Crippen LogP contribution in [-0.4, -0.2) is 17.0 Å². The van der Waals surface area contributed by atoms with Gasteiger partial charge in [0.05, 0.1) is 6.10 Å². The van der Waals surface area contributed by atoms with Crippen LogP contribution in [0.4, 0.5) is 0 Å². The molecule has 0 aliphatic heterocycles. The molecule has 0 aromatic heterocycles. The summed E-state index contributed by atoms with van der Waals surface area (Å²) >= 11 is 1.75. The Kier molecular flexibility index (Phi) is 4.13. The van der Waals surface area contributed by atoms with Crippen LogP contribution >= 0.6 is 11.8 Å². The smallest absolute Gasteiger partial charge is 0.0668 e. The highest BCUT2D eigenvalue weighted by Gasteiger charge is 2.42. The molecule has 0 bridgehead atoms. The Morgan fingerprint density at radius 3 is 2.50 bits per heavy atom. The number of hydrogen-bond acceptors (Lipinski definition) is 2. The van der Waals surface area contributed by atoms with Gasteiger partial charge in [-0.2, -0.15) is 0 Å². The summed E-state index contributed by atoms with van der Waals surface area (Å²) in [7, 11) is 0. The largest absolute Gasteiger partial charge is 0.392 e. The zero-order valence-electron chi connectivity index (χ0n) is 11.7. The highest BCUT2D eigenvalue weighted by molar-refractivity contribution is 7.99. The van der Waals surface area contributed by atoms with Crippen LogP contribution in [0, 0.1) is 12.8 Å². The van der Waals surface area contributed by atoms with E-state index in [1.54, 1.807) is 11.8 Å². The Labute approximate surface area is 125 Å². The third-order valence-corrected chi connectivity index (χ3v) is 5.12. The summed E-state index contributed by atoms with van der Waals surface area (Å²) in [5, 5.41) is 10.3. The minimum atomic E-state index is -0.202. The van der Waals surface area contributed by atoms with Crippen LogP contribution in [0.25, 0.3) is 0 Å². The van der Waals surface area contributed by atoms with E-state index in [2.05, 4.69) is 55.5 Å². The van der Waals surface area contributed by atoms with E-state index in [1.807, 2.05) is 6.07 Å². The molecule has 0 saturated heterocycles. The predicted molar refractivity (Wildman–Crippen MR) is 85.2 cm³/mol. The number of aliphatic hydroxyl groups excluding tert-OH is 1. The first-order valence-corrected chi connectivity index (χ1v) is 8.15. The molecular weight excluding hydrogens is 264 g/mol. The molecule has 104 valence electrons. The van der Waals surface area contributed by atoms with Crippen LogP contribution in [0.5, 0.6) is 0 Å². The second kappa shape index (κ2) is 6.02. The molecule has 1 saturated carbocycles. The maximum absolute atomic E-state index is 10.3. The molecule has 2 heteroatoms. The molecule has 0 amide bonds. The van der Waals surface area contributed by atoms with E-state index in [4.69, 9.17) is 0 Å². The summed E-state index contributed by atoms with van der Waals surface area (Å²) < 4.78 is 0. The van der Waals surface area contributed by atoms with Crippen molar-refractivity contribution < 1.29 is 5.11 Å². The first kappa shape index (κ1) is 13.7. The van der Waals surface area contributed by atoms with Crippen LogP contribution in [0.3, 0.4) is 0 Å². The molecule has 1 aliphatic carbocycles. The predicted octanol–water partition coefficient (Wildman–Crippen LogP) is 4.25. The molecule has 0 radical (unpaired) electrons. The topological polar surface area (TPSA) is 20.2 Å². The molecule has 1 aliphatic rings. The fourth-order valence-electron chi connectivity index (χ4n) is 2.66. The Hall–Kier alpha value is -1.25. The number of rotatable bonds is 5. The van der Waals surface area contributed by atoms with Crippen molar-refractivity contribution in [3.05, 3.63) is 65.7 Å². The molecule has 1 nitrogen and oxygen atoms in total. The zero-order valence-corrected chi connectivity index (χ0v) is 12.5. The Morgan fingerprint density at radius 2 is 1.80 bits per heavy atom. The molecule has 0 heterocycles. The Balaban J connectivity index is 1.51. The van der Waals surface area contributed by atoms with E-state index in [1.165, 1.54) is 16.0 Å². The summed E-state index contributed by atoms with van der Waals surface area (Å²) in [5.74, 6) is 1.79. The summed E-state index contributed by atoms with van der Waals surface area (Å²) in [4.78, 5) is 1.24. The van der Waals surface area contributed by atoms with Crippen molar-refractivity contribution in [2.75, 3.05) is 5.75 Å². The third-order valence-electron chi connectivity index (χ3n) is 4.00. The van der Waals surface area contributed by atoms with Gasteiger partial charge in [0.15, 0.2) is 0 Å². The molecule has 20 heavy (non-hydrogen) atoms. The maximum Gasteiger partial charge on any atom is 0.0668 e. The standard InChI is InChI=1S/C18H20OS/c1-13-7-9-15(10-8-13)20-12-18(19)17-11-16(17)14-5-3-2-4-6-14/h2-10,16-19H,11-12H2,1H3. The second-order valence-corrected chi connectivity index (χ2v) is 6.70. The van der Waals surface area contributed by atoms with Crippen molar-refractivity contribution in [3.63, 3.8) is 0 Å². The number of benzene rings is 2. The lowest BCUT2D eigenvalue weighted by Gasteiger charge is -2.10. The normalized spacial score (nSPS) is 22.5. The van der Waals surface area contributed by atoms with Gasteiger partial charge in [0.2, 0.25) is 0 Å². The fourth-order valence-corrected chi connectivity index (χ4v) is 3.60. The summed E-state index contributed by atoms with van der Waals surface area (Å²) in [6, 6.07) is 19.1. The van der Waals surface area contributed by atoms with Crippen molar-refractivity contribution in [1.82, 2.24) is 0 Å². The zero-order chi connectivity index (χ0) is 13.9. The van der Waals surface area contributed by atoms with E-state index in [0.29, 0.717) is 11.8 Å². The van der Waals surface area contributed by atoms with Crippen LogP contribution in [-0.2, 0) is 0 Å². The molecule has 3 unspecified atom stereocenters. The average molecular weight is 284 g/mol. The SMILES string of the molecule is Cc1ccc(SCC(O)C2CC2c2ccccc2)cc1. The summed E-state index contributed by atoms with van der Waals surface area (Å²) in [6.45, 7) is 2.10. The molecule has 2 aromatic rings. The lowest BCUT2D eigenvalue weighted by molar-refractivity contribution is 0.173. The lowest BCUT2D eigenvalue weighted by Crippen LogP contribution is -2.13. The quantitative estimate of drug-likeness (QED) is 0.828. The molecule has 1 N–H and O–H groups in total. The number of aliphatic hydroxyl groups is 1. The first-order valence-electron chi connectivity index (χ1n) is 7.16. The van der Waals surface area contributed by atoms with Crippen molar-refractivity contribution in [3.8, 4) is 0 Å². The van der Waals surface area contributed by atoms with Crippen LogP contribution in [0.15, 0.2) is 59.5 Å². The van der Waals surface area contributed by atoms with Crippen LogP contribution in [0.1, 0.15) is 23.5 Å². The van der Waals surface area contributed by atoms with Crippen molar-refractivity contribution in [2.24, 2.45) is 5.92 Å². The van der Waals surface area contributed by atoms with Gasteiger partial charge < -0.3 is 5.11 Å². The average Bonchev–Trinajstić information content (AvgIpc) is 3.28. The van der Waals surface area contributed by atoms with Gasteiger partial charge in [-0.15, -0.1) is 11.8 Å². The second-order valence-electron chi connectivity index (χ2n) is 5.61. The summed E-state index contributed by atoms with van der Waals surface area (Å²) in [5.41, 5.74) is 2.65. The van der Waals surface area contributed by atoms with Gasteiger partial charge in [-0.05, 0) is 42.9 Å². The van der Waals surface area contributed by atoms with Gasteiger partial charge >= 0.3 is 0 Å². The van der Waals surface area contributed by atoms with E-state index in [-0.39, 0.29) is 6.10 Å². The molecular formula is C18H20OS. The van der Waals surface area contributed by atoms with Gasteiger partial charge in [0, 0.05) is 10.6 Å². The van der Waals surface area contributed by atoms with E-state index in [0.717, 1.165) is 12.2 Å². The fraction of sp³-hybridized carbons (Fsp3) is 0.333. The van der Waals surface area contributed by atoms with Gasteiger partial charge in [-0.25, -0.2) is 0 Å². The maximum atomic E-state index is 10.3. The van der Waals surface area contributed by atoms with Crippen molar-refractivity contribution >= 4 is 11.8 Å². The highest BCUT2D eigenvalue weighted by Crippen LogP contribution is 2.50. The van der Waals surface area contributed by atoms with Gasteiger partial charge in [0.25, 0.3) is 0 Å². The minimum Gasteiger partial charge on any atom is -0.392 e. The Bertz CT molecular complexity index is 549. The lowest BCUT2D eigenvalue weighted by atomic mass is 10.1. The number of thioether (sulfide) groups is 1. The van der Waals surface area contributed by atoms with Crippen LogP contribution < -0.4 is 0 Å². The molecule has 0 spiro atoms. The number of aryl methyl sites for hydroxylation is 1. The highest BCUT2D eigenvalue weighted by atomic mass is 32.2. The number of hydrogen-bond donors (Lipinski definition) is 1. The molecule has 2 aromatic carbocycles. The van der Waals surface area contributed by atoms with Gasteiger partial charge in [0.1, 0.15) is 0 Å². The van der Waals surface area contributed by atoms with Gasteiger partial charge in [-0.3, -0.25) is 0 Å². The monoisotopic (exact) mass is 284 g/mol. The third kappa shape index (κ3) is 3.25. The van der Waals surface area contributed by atoms with Crippen LogP contribution in [0.2, 0.25) is 0 Å². The molecule has 3 atom stereocenters. The summed E-state index contributed by atoms with van der Waals surface area (Å²) in [6.07, 6.45) is 0.922. The van der Waals surface area contributed by atoms with E-state index in [9.17, 15) is 5.11 Å². The van der Waals surface area contributed by atoms with Gasteiger partial charge in [-0.1, -0.05) is 48.0 Å². The van der Waals surface area contributed by atoms with Crippen molar-refractivity contribution in [2.45, 2.75) is 30.3 Å². The minimum absolute atomic E-state index is 0.202. The van der Waals surface area contributed by atoms with Crippen molar-refractivity contribution in [1.29, 1.82) is 0 Å². The molecule has 1 fully saturated rings. The molecule has 3 rings (SSSR count). The van der Waals surface area contributed by atoms with E-state index >= 15 is 0 Å².